The number of nitrogens with zero attached hydrogens (tertiary/aromatic N) is 2. The van der Waals surface area contributed by atoms with Crippen LogP contribution in [0.25, 0.3) is 0 Å². The highest BCUT2D eigenvalue weighted by molar-refractivity contribution is 5.70. The summed E-state index contributed by atoms with van der Waals surface area (Å²) in [7, 11) is 0. The van der Waals surface area contributed by atoms with E-state index in [1.54, 1.807) is 0 Å². The van der Waals surface area contributed by atoms with Crippen LogP contribution in [0.4, 0.5) is 4.79 Å². The third-order valence-corrected chi connectivity index (χ3v) is 3.62. The molecule has 1 amide bonds. The number of piperazine rings is 1. The number of amides is 1. The normalized spacial score (nSPS) is 23.9. The average Bonchev–Trinajstić information content (AvgIpc) is 2.95. The predicted octanol–water partition coefficient (Wildman–Crippen LogP) is 2.09. The molecule has 17 heavy (non-hydrogen) atoms. The Hall–Kier alpha value is -0.770. The fraction of sp³-hybridized carbons (Fsp3) is 0.923. The van der Waals surface area contributed by atoms with Crippen LogP contribution in [0.2, 0.25) is 0 Å². The Balaban J connectivity index is 2.00. The molecule has 0 aromatic rings. The second-order valence-corrected chi connectivity index (χ2v) is 6.23. The maximum Gasteiger partial charge on any atom is 0.410 e. The first kappa shape index (κ1) is 12.7. The molecule has 98 valence electrons. The summed E-state index contributed by atoms with van der Waals surface area (Å²) in [6.07, 6.45) is 2.12. The molecule has 1 aliphatic heterocycles. The van der Waals surface area contributed by atoms with E-state index in [1.165, 1.54) is 0 Å². The molecule has 2 fully saturated rings. The van der Waals surface area contributed by atoms with E-state index in [-0.39, 0.29) is 11.6 Å². The second-order valence-electron chi connectivity index (χ2n) is 6.23. The smallest absolute Gasteiger partial charge is 0.410 e. The highest BCUT2D eigenvalue weighted by Crippen LogP contribution is 2.44. The molecule has 0 bridgehead atoms. The highest BCUT2D eigenvalue weighted by atomic mass is 16.6. The summed E-state index contributed by atoms with van der Waals surface area (Å²) >= 11 is 0. The van der Waals surface area contributed by atoms with Crippen LogP contribution in [0.5, 0.6) is 0 Å². The summed E-state index contributed by atoms with van der Waals surface area (Å²) < 4.78 is 5.49. The summed E-state index contributed by atoms with van der Waals surface area (Å²) in [5.74, 6) is 0. The first-order valence-electron chi connectivity index (χ1n) is 6.59. The van der Waals surface area contributed by atoms with Gasteiger partial charge in [0.15, 0.2) is 0 Å². The van der Waals surface area contributed by atoms with Gasteiger partial charge in [-0.05, 0) is 40.2 Å². The van der Waals surface area contributed by atoms with Gasteiger partial charge >= 0.3 is 6.09 Å². The lowest BCUT2D eigenvalue weighted by molar-refractivity contribution is -0.00626. The monoisotopic (exact) mass is 240 g/mol. The van der Waals surface area contributed by atoms with E-state index in [9.17, 15) is 4.79 Å². The summed E-state index contributed by atoms with van der Waals surface area (Å²) in [4.78, 5) is 16.5. The standard InChI is InChI=1S/C13H24N2O2/c1-5-14-8-9-15(13(10-14)6-7-13)11(16)17-12(2,3)4/h5-10H2,1-4H3. The zero-order chi connectivity index (χ0) is 12.7. The molecule has 2 rings (SSSR count). The van der Waals surface area contributed by atoms with Crippen LogP contribution in [-0.2, 0) is 4.74 Å². The minimum absolute atomic E-state index is 0.0938. The number of likely N-dealkylation sites (N-methyl/N-ethyl adjacent to an activating group) is 1. The summed E-state index contributed by atoms with van der Waals surface area (Å²) in [5, 5.41) is 0. The van der Waals surface area contributed by atoms with E-state index >= 15 is 0 Å². The molecule has 1 spiro atoms. The quantitative estimate of drug-likeness (QED) is 0.703. The zero-order valence-corrected chi connectivity index (χ0v) is 11.5. The van der Waals surface area contributed by atoms with Gasteiger partial charge in [-0.3, -0.25) is 9.80 Å². The van der Waals surface area contributed by atoms with Gasteiger partial charge in [-0.2, -0.15) is 0 Å². The van der Waals surface area contributed by atoms with Gasteiger partial charge in [0, 0.05) is 19.6 Å². The minimum atomic E-state index is -0.394. The number of hydrogen-bond acceptors (Lipinski definition) is 3. The van der Waals surface area contributed by atoms with Crippen LogP contribution in [0.15, 0.2) is 0 Å². The van der Waals surface area contributed by atoms with Gasteiger partial charge in [0.05, 0.1) is 5.54 Å². The molecule has 4 nitrogen and oxygen atoms in total. The lowest BCUT2D eigenvalue weighted by Crippen LogP contribution is -2.57. The third kappa shape index (κ3) is 2.73. The maximum absolute atomic E-state index is 12.1. The van der Waals surface area contributed by atoms with Crippen LogP contribution in [0.3, 0.4) is 0 Å². The minimum Gasteiger partial charge on any atom is -0.444 e. The Labute approximate surface area is 104 Å². The molecule has 4 heteroatoms. The molecule has 0 atom stereocenters. The van der Waals surface area contributed by atoms with Crippen molar-refractivity contribution < 1.29 is 9.53 Å². The van der Waals surface area contributed by atoms with Crippen molar-refractivity contribution in [3.8, 4) is 0 Å². The SMILES string of the molecule is CCN1CCN(C(=O)OC(C)(C)C)C2(CC2)C1. The Bertz CT molecular complexity index is 305. The topological polar surface area (TPSA) is 32.8 Å². The van der Waals surface area contributed by atoms with Crippen LogP contribution >= 0.6 is 0 Å². The van der Waals surface area contributed by atoms with Gasteiger partial charge in [-0.15, -0.1) is 0 Å². The van der Waals surface area contributed by atoms with Crippen LogP contribution in [0.1, 0.15) is 40.5 Å². The molecular formula is C13H24N2O2. The first-order chi connectivity index (χ1) is 7.86. The molecule has 0 N–H and O–H groups in total. The van der Waals surface area contributed by atoms with Gasteiger partial charge in [0.25, 0.3) is 0 Å². The summed E-state index contributed by atoms with van der Waals surface area (Å²) in [6.45, 7) is 11.8. The molecule has 0 unspecified atom stereocenters. The van der Waals surface area contributed by atoms with Gasteiger partial charge in [0.1, 0.15) is 5.60 Å². The number of carbonyl (C=O) groups excluding carboxylic acids is 1. The van der Waals surface area contributed by atoms with Gasteiger partial charge in [0.2, 0.25) is 0 Å². The molecule has 0 aromatic heterocycles. The van der Waals surface area contributed by atoms with E-state index in [0.29, 0.717) is 0 Å². The lowest BCUT2D eigenvalue weighted by Gasteiger charge is -2.42. The van der Waals surface area contributed by atoms with Crippen molar-refractivity contribution in [1.29, 1.82) is 0 Å². The highest BCUT2D eigenvalue weighted by Gasteiger charge is 2.53. The summed E-state index contributed by atoms with van der Waals surface area (Å²) in [5.41, 5.74) is -0.300. The number of carbonyl (C=O) groups is 1. The lowest BCUT2D eigenvalue weighted by atomic mass is 10.1. The van der Waals surface area contributed by atoms with Gasteiger partial charge < -0.3 is 4.74 Å². The van der Waals surface area contributed by atoms with Crippen molar-refractivity contribution in [2.75, 3.05) is 26.2 Å². The molecule has 1 saturated carbocycles. The van der Waals surface area contributed by atoms with E-state index in [1.807, 2.05) is 25.7 Å². The van der Waals surface area contributed by atoms with E-state index < -0.39 is 5.60 Å². The van der Waals surface area contributed by atoms with Crippen molar-refractivity contribution in [3.05, 3.63) is 0 Å². The van der Waals surface area contributed by atoms with Crippen molar-refractivity contribution in [2.24, 2.45) is 0 Å². The van der Waals surface area contributed by atoms with Crippen molar-refractivity contribution >= 4 is 6.09 Å². The van der Waals surface area contributed by atoms with Crippen molar-refractivity contribution in [3.63, 3.8) is 0 Å². The van der Waals surface area contributed by atoms with Gasteiger partial charge in [-0.1, -0.05) is 6.92 Å². The molecule has 2 aliphatic rings. The van der Waals surface area contributed by atoms with E-state index in [2.05, 4.69) is 11.8 Å². The summed E-state index contributed by atoms with van der Waals surface area (Å²) in [6, 6.07) is 0. The first-order valence-corrected chi connectivity index (χ1v) is 6.59. The number of rotatable bonds is 1. The van der Waals surface area contributed by atoms with E-state index in [0.717, 1.165) is 39.0 Å². The number of hydrogen-bond donors (Lipinski definition) is 0. The molecule has 1 heterocycles. The Morgan fingerprint density at radius 3 is 2.41 bits per heavy atom. The molecule has 0 radical (unpaired) electrons. The van der Waals surface area contributed by atoms with Crippen molar-refractivity contribution in [2.45, 2.75) is 51.7 Å². The molecule has 1 saturated heterocycles. The maximum atomic E-state index is 12.1. The average molecular weight is 240 g/mol. The number of ether oxygens (including phenoxy) is 1. The second kappa shape index (κ2) is 4.16. The zero-order valence-electron chi connectivity index (χ0n) is 11.5. The Morgan fingerprint density at radius 2 is 1.94 bits per heavy atom. The predicted molar refractivity (Wildman–Crippen MR) is 67.0 cm³/mol. The van der Waals surface area contributed by atoms with Gasteiger partial charge in [-0.25, -0.2) is 4.79 Å². The fourth-order valence-corrected chi connectivity index (χ4v) is 2.50. The van der Waals surface area contributed by atoms with E-state index in [4.69, 9.17) is 4.74 Å². The third-order valence-electron chi connectivity index (χ3n) is 3.62. The Morgan fingerprint density at radius 1 is 1.29 bits per heavy atom. The fourth-order valence-electron chi connectivity index (χ4n) is 2.50. The van der Waals surface area contributed by atoms with Crippen LogP contribution < -0.4 is 0 Å². The molecule has 1 aliphatic carbocycles. The largest absolute Gasteiger partial charge is 0.444 e. The Kier molecular flexibility index (Phi) is 3.10. The van der Waals surface area contributed by atoms with Crippen LogP contribution in [0, 0.1) is 0 Å². The molecule has 0 aromatic carbocycles. The van der Waals surface area contributed by atoms with Crippen molar-refractivity contribution in [1.82, 2.24) is 9.80 Å². The van der Waals surface area contributed by atoms with Crippen LogP contribution in [-0.4, -0.2) is 53.2 Å². The molecular weight excluding hydrogens is 216 g/mol.